The second-order valence-corrected chi connectivity index (χ2v) is 8.97. The minimum Gasteiger partial charge on any atom is -0.394 e. The van der Waals surface area contributed by atoms with Gasteiger partial charge in [-0.25, -0.2) is 0 Å². The molecule has 0 radical (unpaired) electrons. The molecule has 2 fully saturated rings. The van der Waals surface area contributed by atoms with Crippen molar-refractivity contribution in [1.29, 1.82) is 0 Å². The van der Waals surface area contributed by atoms with Gasteiger partial charge < -0.3 is 29.9 Å². The van der Waals surface area contributed by atoms with Crippen molar-refractivity contribution >= 4 is 5.78 Å². The van der Waals surface area contributed by atoms with Crippen molar-refractivity contribution in [3.8, 4) is 0 Å². The number of aliphatic hydroxyl groups is 4. The monoisotopic (exact) mass is 396 g/mol. The van der Waals surface area contributed by atoms with Gasteiger partial charge in [-0.3, -0.25) is 4.79 Å². The molecule has 7 heteroatoms. The largest absolute Gasteiger partial charge is 0.394 e. The number of ketones is 1. The predicted molar refractivity (Wildman–Crippen MR) is 101 cm³/mol. The molecular formula is C21H32O7. The average Bonchev–Trinajstić information content (AvgIpc) is 2.60. The molecule has 0 aromatic carbocycles. The van der Waals surface area contributed by atoms with E-state index in [0.717, 1.165) is 17.6 Å². The van der Waals surface area contributed by atoms with Gasteiger partial charge in [0.25, 0.3) is 0 Å². The Morgan fingerprint density at radius 2 is 1.96 bits per heavy atom. The van der Waals surface area contributed by atoms with Crippen LogP contribution in [-0.4, -0.2) is 69.6 Å². The molecule has 2 bridgehead atoms. The van der Waals surface area contributed by atoms with Gasteiger partial charge in [-0.05, 0) is 50.5 Å². The zero-order chi connectivity index (χ0) is 20.8. The van der Waals surface area contributed by atoms with E-state index in [1.807, 2.05) is 26.8 Å². The quantitative estimate of drug-likeness (QED) is 0.386. The normalized spacial score (nSPS) is 45.1. The van der Waals surface area contributed by atoms with Crippen LogP contribution in [-0.2, 0) is 14.3 Å². The number of fused-ring (bicyclic) bond motifs is 1. The van der Waals surface area contributed by atoms with Gasteiger partial charge in [0.15, 0.2) is 12.1 Å². The lowest BCUT2D eigenvalue weighted by atomic mass is 9.46. The molecule has 0 amide bonds. The van der Waals surface area contributed by atoms with Crippen LogP contribution >= 0.6 is 0 Å². The van der Waals surface area contributed by atoms with E-state index in [9.17, 15) is 25.2 Å². The average molecular weight is 396 g/mol. The highest BCUT2D eigenvalue weighted by atomic mass is 16.7. The van der Waals surface area contributed by atoms with Crippen LogP contribution in [0, 0.1) is 17.3 Å². The molecule has 3 aliphatic carbocycles. The first-order chi connectivity index (χ1) is 13.1. The maximum absolute atomic E-state index is 12.4. The predicted octanol–water partition coefficient (Wildman–Crippen LogP) is 0.699. The molecule has 4 rings (SSSR count). The maximum Gasteiger partial charge on any atom is 0.187 e. The number of hydrogen-bond acceptors (Lipinski definition) is 7. The zero-order valence-electron chi connectivity index (χ0n) is 16.9. The second kappa shape index (κ2) is 7.97. The number of carbonyl (C=O) groups is 1. The molecule has 1 saturated heterocycles. The molecule has 1 aliphatic heterocycles. The van der Waals surface area contributed by atoms with Crippen LogP contribution in [0.2, 0.25) is 0 Å². The molecular weight excluding hydrogens is 364 g/mol. The summed E-state index contributed by atoms with van der Waals surface area (Å²) in [6.45, 7) is 7.43. The van der Waals surface area contributed by atoms with Crippen molar-refractivity contribution in [2.75, 3.05) is 6.61 Å². The summed E-state index contributed by atoms with van der Waals surface area (Å²) in [5, 5.41) is 39.5. The molecule has 28 heavy (non-hydrogen) atoms. The summed E-state index contributed by atoms with van der Waals surface area (Å²) in [5.41, 5.74) is 1.88. The van der Waals surface area contributed by atoms with Gasteiger partial charge in [0.05, 0.1) is 12.7 Å². The minimum absolute atomic E-state index is 0.0862. The van der Waals surface area contributed by atoms with E-state index >= 15 is 0 Å². The first-order valence-corrected chi connectivity index (χ1v) is 9.90. The lowest BCUT2D eigenvalue weighted by Crippen LogP contribution is -2.62. The summed E-state index contributed by atoms with van der Waals surface area (Å²) in [7, 11) is 0. The molecule has 7 nitrogen and oxygen atoms in total. The molecule has 158 valence electrons. The Labute approximate surface area is 165 Å². The van der Waals surface area contributed by atoms with Crippen molar-refractivity contribution in [1.82, 2.24) is 0 Å². The van der Waals surface area contributed by atoms with E-state index in [0.29, 0.717) is 12.3 Å². The van der Waals surface area contributed by atoms with Gasteiger partial charge in [0.1, 0.15) is 24.4 Å². The maximum atomic E-state index is 12.4. The lowest BCUT2D eigenvalue weighted by Gasteiger charge is -2.60. The van der Waals surface area contributed by atoms with E-state index in [2.05, 4.69) is 6.92 Å². The Morgan fingerprint density at radius 1 is 1.29 bits per heavy atom. The number of aliphatic hydroxyl groups excluding tert-OH is 4. The van der Waals surface area contributed by atoms with E-state index in [4.69, 9.17) is 9.47 Å². The highest BCUT2D eigenvalue weighted by Gasteiger charge is 2.59. The molecule has 9 atom stereocenters. The summed E-state index contributed by atoms with van der Waals surface area (Å²) in [4.78, 5) is 12.4. The van der Waals surface area contributed by atoms with Gasteiger partial charge in [-0.2, -0.15) is 0 Å². The Hall–Kier alpha value is -1.09. The van der Waals surface area contributed by atoms with Gasteiger partial charge in [0, 0.05) is 6.42 Å². The summed E-state index contributed by atoms with van der Waals surface area (Å²) < 4.78 is 11.5. The summed E-state index contributed by atoms with van der Waals surface area (Å²) in [6.07, 6.45) is -1.88. The minimum atomic E-state index is -1.47. The van der Waals surface area contributed by atoms with Crippen LogP contribution in [0.4, 0.5) is 0 Å². The highest BCUT2D eigenvalue weighted by Crippen LogP contribution is 2.62. The Kier molecular flexibility index (Phi) is 6.15. The molecule has 4 N–H and O–H groups in total. The lowest BCUT2D eigenvalue weighted by molar-refractivity contribution is -0.318. The summed E-state index contributed by atoms with van der Waals surface area (Å²) >= 11 is 0. The molecule has 1 heterocycles. The number of hydrogen-bond donors (Lipinski definition) is 4. The first kappa shape index (κ1) is 21.6. The first-order valence-electron chi connectivity index (χ1n) is 9.90. The smallest absolute Gasteiger partial charge is 0.187 e. The molecule has 0 aromatic rings. The van der Waals surface area contributed by atoms with Crippen molar-refractivity contribution < 1.29 is 34.7 Å². The number of allylic oxidation sites excluding steroid dienone is 3. The van der Waals surface area contributed by atoms with Gasteiger partial charge in [-0.15, -0.1) is 0 Å². The molecule has 0 spiro atoms. The molecule has 9 unspecified atom stereocenters. The fraction of sp³-hybridized carbons (Fsp3) is 0.762. The van der Waals surface area contributed by atoms with Crippen LogP contribution in [0.1, 0.15) is 40.5 Å². The van der Waals surface area contributed by atoms with Crippen LogP contribution in [0.15, 0.2) is 23.3 Å². The topological polar surface area (TPSA) is 116 Å². The summed E-state index contributed by atoms with van der Waals surface area (Å²) in [5.74, 6) is 0.503. The Morgan fingerprint density at radius 3 is 2.54 bits per heavy atom. The fourth-order valence-corrected chi connectivity index (χ4v) is 5.07. The van der Waals surface area contributed by atoms with Crippen molar-refractivity contribution in [2.24, 2.45) is 17.3 Å². The van der Waals surface area contributed by atoms with E-state index in [1.54, 1.807) is 6.08 Å². The van der Waals surface area contributed by atoms with Gasteiger partial charge in [0.2, 0.25) is 0 Å². The van der Waals surface area contributed by atoms with E-state index < -0.39 is 37.3 Å². The molecule has 1 saturated carbocycles. The van der Waals surface area contributed by atoms with Crippen LogP contribution < -0.4 is 0 Å². The molecule has 0 aromatic heterocycles. The third kappa shape index (κ3) is 3.72. The van der Waals surface area contributed by atoms with E-state index in [-0.39, 0.29) is 23.2 Å². The molecule has 4 aliphatic rings. The van der Waals surface area contributed by atoms with Gasteiger partial charge >= 0.3 is 0 Å². The SMILES string of the molecule is CC(C)=CC(=O)CC1(C)C2CC1C(OC1OC(CO)C(O)C(O)C1O)C=C2C. The van der Waals surface area contributed by atoms with Crippen molar-refractivity contribution in [2.45, 2.75) is 77.3 Å². The third-order valence-electron chi connectivity index (χ3n) is 6.65. The zero-order valence-corrected chi connectivity index (χ0v) is 16.9. The Bertz CT molecular complexity index is 666. The van der Waals surface area contributed by atoms with E-state index in [1.165, 1.54) is 0 Å². The number of rotatable bonds is 6. The number of ether oxygens (including phenoxy) is 2. The van der Waals surface area contributed by atoms with Crippen molar-refractivity contribution in [3.63, 3.8) is 0 Å². The second-order valence-electron chi connectivity index (χ2n) is 8.97. The Balaban J connectivity index is 1.75. The fourth-order valence-electron chi connectivity index (χ4n) is 5.07. The summed E-state index contributed by atoms with van der Waals surface area (Å²) in [6, 6.07) is 0. The number of carbonyl (C=O) groups excluding carboxylic acids is 1. The van der Waals surface area contributed by atoms with Crippen LogP contribution in [0.5, 0.6) is 0 Å². The van der Waals surface area contributed by atoms with Crippen LogP contribution in [0.3, 0.4) is 0 Å². The van der Waals surface area contributed by atoms with Crippen LogP contribution in [0.25, 0.3) is 0 Å². The van der Waals surface area contributed by atoms with Gasteiger partial charge in [-0.1, -0.05) is 24.1 Å². The van der Waals surface area contributed by atoms with Crippen molar-refractivity contribution in [3.05, 3.63) is 23.3 Å². The third-order valence-corrected chi connectivity index (χ3v) is 6.65. The highest BCUT2D eigenvalue weighted by molar-refractivity contribution is 5.90. The standard InChI is InChI=1S/C21H32O7/c1-10(2)5-12(23)8-21(4)13-7-14(21)15(6-11(13)3)27-20-19(26)18(25)17(24)16(9-22)28-20/h5-6,13-20,22,24-26H,7-9H2,1-4H3.